The highest BCUT2D eigenvalue weighted by Gasteiger charge is 2.14. The lowest BCUT2D eigenvalue weighted by Gasteiger charge is -2.06. The van der Waals surface area contributed by atoms with Gasteiger partial charge in [0.15, 0.2) is 5.12 Å². The molecular formula is C101H156IN13O10S3. The second-order valence-electron chi connectivity index (χ2n) is 30.6. The molecule has 0 saturated heterocycles. The summed E-state index contributed by atoms with van der Waals surface area (Å²) in [5, 5.41) is 40.1. The number of nitrogens with two attached hydrogens (primary N) is 1. The Morgan fingerprint density at radius 3 is 0.945 bits per heavy atom. The van der Waals surface area contributed by atoms with Crippen LogP contribution in [0.1, 0.15) is 308 Å². The Bertz CT molecular complexity index is 3880. The second-order valence-corrected chi connectivity index (χ2v) is 35.0. The zero-order chi connectivity index (χ0) is 94.2. The minimum Gasteiger partial charge on any atom is -0.508 e. The van der Waals surface area contributed by atoms with Gasteiger partial charge in [-0.05, 0) is 275 Å². The fourth-order valence-electron chi connectivity index (χ4n) is 12.0. The van der Waals surface area contributed by atoms with Crippen molar-refractivity contribution in [1.82, 2.24) is 0 Å². The van der Waals surface area contributed by atoms with E-state index in [1.54, 1.807) is 91.9 Å². The molecule has 6 aromatic rings. The molecule has 0 spiro atoms. The van der Waals surface area contributed by atoms with Gasteiger partial charge in [-0.3, -0.25) is 8.98 Å². The van der Waals surface area contributed by atoms with Gasteiger partial charge >= 0.3 is 0 Å². The van der Waals surface area contributed by atoms with Crippen LogP contribution in [0.5, 0.6) is 28.7 Å². The molecule has 0 aliphatic rings. The van der Waals surface area contributed by atoms with Crippen molar-refractivity contribution >= 4 is 90.7 Å². The van der Waals surface area contributed by atoms with Gasteiger partial charge in [-0.15, -0.1) is 26.3 Å². The van der Waals surface area contributed by atoms with E-state index in [0.717, 1.165) is 125 Å². The Morgan fingerprint density at radius 1 is 0.398 bits per heavy atom. The summed E-state index contributed by atoms with van der Waals surface area (Å²) in [6.07, 6.45) is 65.1. The number of hydrogen-bond donors (Lipinski definition) is 5. The van der Waals surface area contributed by atoms with E-state index in [0.29, 0.717) is 35.0 Å². The van der Waals surface area contributed by atoms with Crippen LogP contribution in [0.4, 0.5) is 28.4 Å². The van der Waals surface area contributed by atoms with Crippen LogP contribution >= 0.6 is 47.0 Å². The molecule has 0 aliphatic carbocycles. The zero-order valence-electron chi connectivity index (χ0n) is 77.5. The van der Waals surface area contributed by atoms with E-state index in [4.69, 9.17) is 61.6 Å². The number of phenolic OH excluding ortho intramolecular Hbond substituents is 2. The first-order valence-electron chi connectivity index (χ1n) is 46.5. The minimum atomic E-state index is -3.59. The number of nitrogens with zero attached hydrogens (tertiary/aromatic N) is 12. The molecule has 0 aliphatic heterocycles. The van der Waals surface area contributed by atoms with Crippen LogP contribution in [-0.4, -0.2) is 77.8 Å². The summed E-state index contributed by atoms with van der Waals surface area (Å²) in [4.78, 5) is 21.8. The number of unbranched alkanes of at least 4 members (excludes halogenated alkanes) is 40. The third-order valence-electron chi connectivity index (χ3n) is 19.4. The molecule has 0 saturated carbocycles. The normalized spacial score (nSPS) is 10.1. The topological polar surface area (TPSA) is 370 Å². The molecule has 710 valence electrons. The average molecular weight is 1940 g/mol. The van der Waals surface area contributed by atoms with E-state index < -0.39 is 10.1 Å². The number of aliphatic hydroxyl groups excluding tert-OH is 1. The Labute approximate surface area is 793 Å². The number of aromatic hydroxyl groups is 2. The smallest absolute Gasteiger partial charge is 0.296 e. The van der Waals surface area contributed by atoms with Gasteiger partial charge in [-0.25, -0.2) is 0 Å². The van der Waals surface area contributed by atoms with Crippen molar-refractivity contribution in [3.8, 4) is 28.7 Å². The van der Waals surface area contributed by atoms with Crippen LogP contribution < -0.4 is 19.9 Å². The molecule has 23 nitrogen and oxygen atoms in total. The summed E-state index contributed by atoms with van der Waals surface area (Å²) < 4.78 is 47.2. The molecule has 0 fully saturated rings. The fraction of sp³-hybridized carbons (Fsp3) is 0.554. The van der Waals surface area contributed by atoms with Crippen molar-refractivity contribution in [3.05, 3.63) is 244 Å². The van der Waals surface area contributed by atoms with Crippen LogP contribution in [0.25, 0.3) is 41.8 Å². The lowest BCUT2D eigenvalue weighted by atomic mass is 10.1. The Kier molecular flexibility index (Phi) is 89.5. The number of anilines is 1. The number of benzene rings is 6. The van der Waals surface area contributed by atoms with Crippen molar-refractivity contribution in [2.75, 3.05) is 54.7 Å². The number of carbonyl (C=O) groups excluding carboxylic acids is 1. The number of nitrogen functional groups attached to an aromatic ring is 1. The molecule has 5 N–H and O–H groups in total. The van der Waals surface area contributed by atoms with Gasteiger partial charge in [0.05, 0.1) is 31.3 Å². The van der Waals surface area contributed by atoms with Gasteiger partial charge in [0.25, 0.3) is 10.1 Å². The number of thiol groups is 1. The molecule has 0 amide bonds. The van der Waals surface area contributed by atoms with E-state index in [-0.39, 0.29) is 28.1 Å². The quantitative estimate of drug-likeness (QED) is 0.00203. The molecule has 0 radical (unpaired) electrons. The fourth-order valence-corrected chi connectivity index (χ4v) is 14.4. The maximum Gasteiger partial charge on any atom is 0.296 e. The van der Waals surface area contributed by atoms with Gasteiger partial charge in [0.1, 0.15) is 28.7 Å². The number of carbonyl (C=O) groups is 1. The number of aryl methyl sites for hydroxylation is 1. The molecule has 6 aromatic carbocycles. The number of rotatable bonds is 66. The number of halogens is 1. The highest BCUT2D eigenvalue weighted by Crippen LogP contribution is 2.25. The van der Waals surface area contributed by atoms with E-state index in [1.807, 2.05) is 67.6 Å². The second kappa shape index (κ2) is 94.4. The lowest BCUT2D eigenvalue weighted by Crippen LogP contribution is -2.07. The van der Waals surface area contributed by atoms with Crippen molar-refractivity contribution in [1.29, 1.82) is 0 Å². The number of allylic oxidation sites excluding steroid dienone is 4. The number of ether oxygens (including phenoxy) is 3. The Balaban J connectivity index is 0. The van der Waals surface area contributed by atoms with E-state index in [9.17, 15) is 13.2 Å². The van der Waals surface area contributed by atoms with Gasteiger partial charge in [-0.1, -0.05) is 289 Å². The maximum absolute atomic E-state index is 11.9. The van der Waals surface area contributed by atoms with Gasteiger partial charge in [-0.2, -0.15) is 21.0 Å². The van der Waals surface area contributed by atoms with Crippen molar-refractivity contribution in [2.24, 2.45) is 20.5 Å². The Morgan fingerprint density at radius 2 is 0.664 bits per heavy atom. The molecule has 0 aromatic heterocycles. The maximum atomic E-state index is 11.9. The molecule has 0 atom stereocenters. The molecular weight excluding hydrogens is 1780 g/mol. The number of hydrogen-bond acceptors (Lipinski definition) is 17. The number of thioether (sulfide) groups is 1. The third-order valence-corrected chi connectivity index (χ3v) is 22.7. The van der Waals surface area contributed by atoms with E-state index in [1.165, 1.54) is 265 Å². The van der Waals surface area contributed by atoms with Crippen LogP contribution in [0.15, 0.2) is 222 Å². The number of aliphatic hydroxyl groups is 1. The SMILES string of the molecule is C=CCCCCCCCCCI.C=CCCCCCCCCCO.C=CCCCCCCCCCOS(=O)(=O)c1ccc(C)cc1.C=CCCCCCCCCCOc1ccc(N=[N+]=[N-])cc1.CC(=O)SCCCCCCCCCOc1ccc(N=[N+]=[N-])cc1.Nc1ccc(O)cc1.[N-]=[N+]=Nc1ccc(O)cc1.[N-]=[N+]=Nc1ccc(OCCCCCCCCCS)cc1. The summed E-state index contributed by atoms with van der Waals surface area (Å²) >= 11 is 8.09. The monoisotopic (exact) mass is 1930 g/mol. The van der Waals surface area contributed by atoms with Gasteiger partial charge in [0, 0.05) is 67.4 Å². The van der Waals surface area contributed by atoms with Crippen LogP contribution in [0.3, 0.4) is 0 Å². The minimum absolute atomic E-state index is 0.164. The first-order chi connectivity index (χ1) is 62.4. The average Bonchev–Trinajstić information content (AvgIpc) is 0.846. The van der Waals surface area contributed by atoms with Gasteiger partial charge < -0.3 is 35.3 Å². The van der Waals surface area contributed by atoms with Crippen LogP contribution in [-0.2, 0) is 19.1 Å². The summed E-state index contributed by atoms with van der Waals surface area (Å²) in [6, 6.07) is 40.7. The summed E-state index contributed by atoms with van der Waals surface area (Å²) in [5.41, 5.74) is 42.3. The van der Waals surface area contributed by atoms with Crippen LogP contribution in [0, 0.1) is 6.92 Å². The molecule has 0 unspecified atom stereocenters. The lowest BCUT2D eigenvalue weighted by molar-refractivity contribution is -0.109. The predicted molar refractivity (Wildman–Crippen MR) is 552 cm³/mol. The van der Waals surface area contributed by atoms with Gasteiger partial charge in [0.2, 0.25) is 0 Å². The standard InChI is InChI=1S/C18H28O3S.C17H25N3O2S.C17H25N3O.C15H23N3OS.C11H21I.C11H22O.C6H5N3O.C6H7NO/c1-3-4-5-6-7-8-9-10-11-16-21-22(19,20)18-14-12-17(2)13-15-18;1-15(21)23-14-8-6-4-2-3-5-7-13-22-17-11-9-16(10-12-17)19-20-18;1-2-3-4-5-6-7-8-9-10-15-21-17-13-11-16(12-14-17)19-20-18;16-18-17-14-8-10-15(11-9-14)19-12-6-4-2-1-3-5-7-13-20;2*1-2-3-4-5-6-7-8-9-10-11-12;7-9-8-5-1-3-6(10)4-2-5;7-5-1-3-6(8)4-2-5/h3,12-15H,1,4-11,16H2,2H3;9-12H,2-8,13-14H2,1H3;2,11-14H,1,3-10,15H2;8-11,20H,1-7,12-13H2;2H,1,3-11H2;2,12H,1,3-11H2;1-4,10H;1-4,8H,7H2. The molecule has 0 heterocycles. The number of phenols is 2. The number of azide groups is 4. The predicted octanol–water partition coefficient (Wildman–Crippen LogP) is 34.3. The van der Waals surface area contributed by atoms with Crippen molar-refractivity contribution < 1.29 is 46.9 Å². The van der Waals surface area contributed by atoms with E-state index in [2.05, 4.69) is 102 Å². The molecule has 0 bridgehead atoms. The highest BCUT2D eigenvalue weighted by atomic mass is 127. The largest absolute Gasteiger partial charge is 0.508 e. The zero-order valence-corrected chi connectivity index (χ0v) is 82.1. The summed E-state index contributed by atoms with van der Waals surface area (Å²) in [7, 11) is -3.59. The molecule has 27 heteroatoms. The van der Waals surface area contributed by atoms with Crippen LogP contribution in [0.2, 0.25) is 0 Å². The summed E-state index contributed by atoms with van der Waals surface area (Å²) in [6.45, 7) is 21.2. The first-order valence-corrected chi connectivity index (χ1v) is 51.0. The first kappa shape index (κ1) is 121. The molecule has 128 heavy (non-hydrogen) atoms. The summed E-state index contributed by atoms with van der Waals surface area (Å²) in [5.74, 6) is 4.85. The van der Waals surface area contributed by atoms with Crippen molar-refractivity contribution in [3.63, 3.8) is 0 Å². The highest BCUT2D eigenvalue weighted by molar-refractivity contribution is 14.1. The number of alkyl halides is 1. The molecule has 6 rings (SSSR count). The van der Waals surface area contributed by atoms with Crippen molar-refractivity contribution in [2.45, 2.75) is 314 Å². The third kappa shape index (κ3) is 84.2. The van der Waals surface area contributed by atoms with E-state index >= 15 is 0 Å². The Hall–Kier alpha value is -8.71.